The number of urea groups is 1. The summed E-state index contributed by atoms with van der Waals surface area (Å²) in [6, 6.07) is 4.54. The maximum absolute atomic E-state index is 13.5. The highest BCUT2D eigenvalue weighted by atomic mass is 19.1. The Labute approximate surface area is 150 Å². The molecule has 1 aliphatic rings. The molecule has 1 atom stereocenters. The number of aromatic nitrogens is 3. The lowest BCUT2D eigenvalue weighted by Crippen LogP contribution is -2.55. The highest BCUT2D eigenvalue weighted by molar-refractivity contribution is 5.89. The van der Waals surface area contributed by atoms with E-state index in [0.717, 1.165) is 12.4 Å². The maximum atomic E-state index is 13.5. The molecule has 0 radical (unpaired) electrons. The number of hydrogen-bond acceptors (Lipinski definition) is 4. The van der Waals surface area contributed by atoms with Crippen LogP contribution >= 0.6 is 0 Å². The summed E-state index contributed by atoms with van der Waals surface area (Å²) in [7, 11) is 0. The van der Waals surface area contributed by atoms with Crippen LogP contribution < -0.4 is 10.6 Å². The van der Waals surface area contributed by atoms with Gasteiger partial charge < -0.3 is 20.1 Å². The molecule has 1 saturated heterocycles. The van der Waals surface area contributed by atoms with Crippen LogP contribution in [0.1, 0.15) is 24.4 Å². The average Bonchev–Trinajstić information content (AvgIpc) is 3.09. The lowest BCUT2D eigenvalue weighted by Gasteiger charge is -2.35. The number of benzene rings is 1. The summed E-state index contributed by atoms with van der Waals surface area (Å²) in [5.74, 6) is 0.0220. The lowest BCUT2D eigenvalue weighted by molar-refractivity contribution is -0.127. The lowest BCUT2D eigenvalue weighted by atomic mass is 10.0. The molecule has 3 amide bonds. The van der Waals surface area contributed by atoms with Crippen LogP contribution in [0.2, 0.25) is 0 Å². The normalized spacial score (nSPS) is 17.1. The van der Waals surface area contributed by atoms with Crippen LogP contribution in [0, 0.1) is 5.82 Å². The van der Waals surface area contributed by atoms with Gasteiger partial charge in [-0.25, -0.2) is 9.18 Å². The summed E-state index contributed by atoms with van der Waals surface area (Å²) < 4.78 is 15.4. The molecule has 0 saturated carbocycles. The molecule has 0 aliphatic carbocycles. The van der Waals surface area contributed by atoms with E-state index in [2.05, 4.69) is 20.8 Å². The van der Waals surface area contributed by atoms with E-state index in [1.54, 1.807) is 12.4 Å². The Kier molecular flexibility index (Phi) is 5.45. The van der Waals surface area contributed by atoms with Gasteiger partial charge in [-0.2, -0.15) is 0 Å². The Bertz CT molecular complexity index is 793. The van der Waals surface area contributed by atoms with E-state index in [9.17, 15) is 14.0 Å². The number of halogens is 1. The van der Waals surface area contributed by atoms with Crippen LogP contribution in [0.3, 0.4) is 0 Å². The van der Waals surface area contributed by atoms with Crippen molar-refractivity contribution >= 4 is 11.9 Å². The van der Waals surface area contributed by atoms with Crippen molar-refractivity contribution in [2.24, 2.45) is 0 Å². The van der Waals surface area contributed by atoms with Gasteiger partial charge in [0.1, 0.15) is 24.0 Å². The smallest absolute Gasteiger partial charge is 0.318 e. The summed E-state index contributed by atoms with van der Waals surface area (Å²) in [6.07, 6.45) is 2.18. The van der Waals surface area contributed by atoms with Crippen LogP contribution in [0.5, 0.6) is 0 Å². The van der Waals surface area contributed by atoms with Gasteiger partial charge >= 0.3 is 6.03 Å². The van der Waals surface area contributed by atoms with Crippen molar-refractivity contribution in [2.75, 3.05) is 19.6 Å². The Morgan fingerprint density at radius 1 is 1.46 bits per heavy atom. The van der Waals surface area contributed by atoms with Crippen molar-refractivity contribution < 1.29 is 14.0 Å². The van der Waals surface area contributed by atoms with E-state index in [4.69, 9.17) is 0 Å². The Morgan fingerprint density at radius 2 is 2.31 bits per heavy atom. The Balaban J connectivity index is 1.67. The third kappa shape index (κ3) is 3.81. The molecule has 1 aromatic carbocycles. The largest absolute Gasteiger partial charge is 0.352 e. The zero-order valence-corrected chi connectivity index (χ0v) is 14.5. The van der Waals surface area contributed by atoms with Gasteiger partial charge in [-0.1, -0.05) is 12.1 Å². The molecule has 1 unspecified atom stereocenters. The second-order valence-corrected chi connectivity index (χ2v) is 5.96. The van der Waals surface area contributed by atoms with Gasteiger partial charge in [0.2, 0.25) is 5.91 Å². The van der Waals surface area contributed by atoms with Crippen molar-refractivity contribution in [3.63, 3.8) is 0 Å². The second-order valence-electron chi connectivity index (χ2n) is 5.96. The van der Waals surface area contributed by atoms with Crippen LogP contribution in [-0.4, -0.2) is 51.2 Å². The van der Waals surface area contributed by atoms with Crippen molar-refractivity contribution in [2.45, 2.75) is 25.9 Å². The number of carbonyl (C=O) groups is 2. The number of rotatable bonds is 5. The average molecular weight is 360 g/mol. The number of hydrogen-bond donors (Lipinski definition) is 2. The molecule has 26 heavy (non-hydrogen) atoms. The Hall–Kier alpha value is -2.97. The molecule has 1 fully saturated rings. The SMILES string of the molecule is CCn1cnnc1CCNC(=O)N1CCNC(=O)C1c1cccc(F)c1. The molecular formula is C17H21FN6O2. The number of nitrogens with zero attached hydrogens (tertiary/aromatic N) is 4. The van der Waals surface area contributed by atoms with Gasteiger partial charge in [0.15, 0.2) is 0 Å². The first-order chi connectivity index (χ1) is 12.6. The van der Waals surface area contributed by atoms with Gasteiger partial charge in [0, 0.05) is 32.6 Å². The minimum Gasteiger partial charge on any atom is -0.352 e. The molecule has 0 bridgehead atoms. The van der Waals surface area contributed by atoms with Gasteiger partial charge in [-0.05, 0) is 24.6 Å². The van der Waals surface area contributed by atoms with Gasteiger partial charge in [0.05, 0.1) is 0 Å². The highest BCUT2D eigenvalue weighted by Crippen LogP contribution is 2.23. The van der Waals surface area contributed by atoms with E-state index < -0.39 is 11.9 Å². The van der Waals surface area contributed by atoms with Crippen LogP contribution in [0.4, 0.5) is 9.18 Å². The number of carbonyl (C=O) groups excluding carboxylic acids is 2. The van der Waals surface area contributed by atoms with E-state index in [-0.39, 0.29) is 11.9 Å². The summed E-state index contributed by atoms with van der Waals surface area (Å²) >= 11 is 0. The monoisotopic (exact) mass is 360 g/mol. The molecule has 1 aromatic heterocycles. The Morgan fingerprint density at radius 3 is 3.08 bits per heavy atom. The predicted octanol–water partition coefficient (Wildman–Crippen LogP) is 0.862. The summed E-state index contributed by atoms with van der Waals surface area (Å²) in [4.78, 5) is 26.3. The van der Waals surface area contributed by atoms with Crippen molar-refractivity contribution in [1.82, 2.24) is 30.3 Å². The quantitative estimate of drug-likeness (QED) is 0.827. The fraction of sp³-hybridized carbons (Fsp3) is 0.412. The van der Waals surface area contributed by atoms with Crippen molar-refractivity contribution in [1.29, 1.82) is 0 Å². The highest BCUT2D eigenvalue weighted by Gasteiger charge is 2.34. The molecule has 2 N–H and O–H groups in total. The topological polar surface area (TPSA) is 92.2 Å². The fourth-order valence-corrected chi connectivity index (χ4v) is 3.01. The summed E-state index contributed by atoms with van der Waals surface area (Å²) in [6.45, 7) is 3.82. The zero-order valence-electron chi connectivity index (χ0n) is 14.5. The first-order valence-electron chi connectivity index (χ1n) is 8.54. The summed E-state index contributed by atoms with van der Waals surface area (Å²) in [5.41, 5.74) is 0.447. The molecule has 2 heterocycles. The van der Waals surface area contributed by atoms with E-state index in [1.807, 2.05) is 11.5 Å². The third-order valence-corrected chi connectivity index (χ3v) is 4.30. The molecule has 138 valence electrons. The van der Waals surface area contributed by atoms with E-state index in [0.29, 0.717) is 31.6 Å². The number of amides is 3. The van der Waals surface area contributed by atoms with Crippen LogP contribution in [0.25, 0.3) is 0 Å². The van der Waals surface area contributed by atoms with E-state index in [1.165, 1.54) is 23.1 Å². The second kappa shape index (κ2) is 7.94. The molecule has 8 nitrogen and oxygen atoms in total. The van der Waals surface area contributed by atoms with E-state index >= 15 is 0 Å². The molecule has 0 spiro atoms. The third-order valence-electron chi connectivity index (χ3n) is 4.30. The van der Waals surface area contributed by atoms with Crippen molar-refractivity contribution in [3.05, 3.63) is 47.8 Å². The molecule has 2 aromatic rings. The van der Waals surface area contributed by atoms with Crippen LogP contribution in [0.15, 0.2) is 30.6 Å². The first kappa shape index (κ1) is 17.8. The standard InChI is InChI=1S/C17H21FN6O2/c1-2-23-11-21-22-14(23)6-7-20-17(26)24-9-8-19-16(25)15(24)12-4-3-5-13(18)10-12/h3-5,10-11,15H,2,6-9H2,1H3,(H,19,25)(H,20,26). The van der Waals surface area contributed by atoms with Crippen LogP contribution in [-0.2, 0) is 17.8 Å². The minimum atomic E-state index is -0.848. The first-order valence-corrected chi connectivity index (χ1v) is 8.54. The predicted molar refractivity (Wildman–Crippen MR) is 91.7 cm³/mol. The number of aryl methyl sites for hydroxylation is 1. The molecular weight excluding hydrogens is 339 g/mol. The number of nitrogens with one attached hydrogen (secondary N) is 2. The minimum absolute atomic E-state index is 0.317. The van der Waals surface area contributed by atoms with Gasteiger partial charge in [0.25, 0.3) is 0 Å². The number of piperazine rings is 1. The molecule has 3 rings (SSSR count). The maximum Gasteiger partial charge on any atom is 0.318 e. The van der Waals surface area contributed by atoms with Gasteiger partial charge in [-0.3, -0.25) is 4.79 Å². The summed E-state index contributed by atoms with van der Waals surface area (Å²) in [5, 5.41) is 13.4. The zero-order chi connectivity index (χ0) is 18.5. The fourth-order valence-electron chi connectivity index (χ4n) is 3.01. The molecule has 1 aliphatic heterocycles. The molecule has 9 heteroatoms. The van der Waals surface area contributed by atoms with Crippen molar-refractivity contribution in [3.8, 4) is 0 Å². The van der Waals surface area contributed by atoms with Gasteiger partial charge in [-0.15, -0.1) is 10.2 Å².